The fourth-order valence-corrected chi connectivity index (χ4v) is 2.92. The number of ether oxygens (including phenoxy) is 1. The molecule has 1 fully saturated rings. The standard InChI is InChI=1S/C13H16O2/c14-11-6-3-7-12-13(11)10-5-2-1-4-9(10)8-15-12/h1-2,4-5,11-14H,3,6-8H2. The molecule has 1 aliphatic carbocycles. The summed E-state index contributed by atoms with van der Waals surface area (Å²) >= 11 is 0. The Kier molecular flexibility index (Phi) is 2.26. The Labute approximate surface area is 89.9 Å². The Morgan fingerprint density at radius 2 is 2.07 bits per heavy atom. The number of hydrogen-bond acceptors (Lipinski definition) is 2. The summed E-state index contributed by atoms with van der Waals surface area (Å²) in [7, 11) is 0. The predicted molar refractivity (Wildman–Crippen MR) is 57.6 cm³/mol. The highest BCUT2D eigenvalue weighted by Crippen LogP contribution is 2.40. The molecule has 0 amide bonds. The minimum atomic E-state index is -0.217. The normalized spacial score (nSPS) is 34.3. The van der Waals surface area contributed by atoms with E-state index >= 15 is 0 Å². The molecule has 0 spiro atoms. The van der Waals surface area contributed by atoms with Crippen LogP contribution in [0.2, 0.25) is 0 Å². The number of aliphatic hydroxyl groups is 1. The van der Waals surface area contributed by atoms with E-state index < -0.39 is 0 Å². The molecule has 3 rings (SSSR count). The van der Waals surface area contributed by atoms with E-state index in [1.54, 1.807) is 0 Å². The number of fused-ring (bicyclic) bond motifs is 3. The van der Waals surface area contributed by atoms with E-state index in [2.05, 4.69) is 18.2 Å². The molecule has 0 aromatic heterocycles. The molecule has 80 valence electrons. The van der Waals surface area contributed by atoms with Gasteiger partial charge in [0.05, 0.1) is 18.8 Å². The maximum Gasteiger partial charge on any atom is 0.0723 e. The van der Waals surface area contributed by atoms with Crippen LogP contribution in [0.15, 0.2) is 24.3 Å². The maximum atomic E-state index is 10.1. The Hall–Kier alpha value is -0.860. The van der Waals surface area contributed by atoms with Gasteiger partial charge in [0.25, 0.3) is 0 Å². The van der Waals surface area contributed by atoms with E-state index in [1.165, 1.54) is 11.1 Å². The first kappa shape index (κ1) is 9.37. The highest BCUT2D eigenvalue weighted by molar-refractivity contribution is 5.33. The van der Waals surface area contributed by atoms with Crippen LogP contribution in [0.25, 0.3) is 0 Å². The molecule has 3 unspecified atom stereocenters. The van der Waals surface area contributed by atoms with Crippen molar-refractivity contribution in [1.82, 2.24) is 0 Å². The van der Waals surface area contributed by atoms with Gasteiger partial charge in [-0.05, 0) is 30.4 Å². The van der Waals surface area contributed by atoms with Crippen molar-refractivity contribution >= 4 is 0 Å². The number of benzene rings is 1. The van der Waals surface area contributed by atoms with Gasteiger partial charge < -0.3 is 9.84 Å². The lowest BCUT2D eigenvalue weighted by Crippen LogP contribution is -2.39. The molecule has 3 atom stereocenters. The van der Waals surface area contributed by atoms with Crippen molar-refractivity contribution in [2.24, 2.45) is 0 Å². The first-order valence-corrected chi connectivity index (χ1v) is 5.74. The molecule has 2 heteroatoms. The monoisotopic (exact) mass is 204 g/mol. The van der Waals surface area contributed by atoms with Crippen molar-refractivity contribution in [3.63, 3.8) is 0 Å². The zero-order valence-corrected chi connectivity index (χ0v) is 8.73. The fourth-order valence-electron chi connectivity index (χ4n) is 2.92. The summed E-state index contributed by atoms with van der Waals surface area (Å²) in [6, 6.07) is 8.34. The summed E-state index contributed by atoms with van der Waals surface area (Å²) in [6.45, 7) is 0.712. The van der Waals surface area contributed by atoms with Gasteiger partial charge in [-0.3, -0.25) is 0 Å². The van der Waals surface area contributed by atoms with Crippen LogP contribution in [0.1, 0.15) is 36.3 Å². The van der Waals surface area contributed by atoms with Gasteiger partial charge in [-0.1, -0.05) is 24.3 Å². The van der Waals surface area contributed by atoms with Crippen molar-refractivity contribution in [3.8, 4) is 0 Å². The molecule has 1 saturated carbocycles. The van der Waals surface area contributed by atoms with E-state index in [4.69, 9.17) is 4.74 Å². The van der Waals surface area contributed by atoms with Crippen LogP contribution in [0.4, 0.5) is 0 Å². The van der Waals surface area contributed by atoms with Crippen LogP contribution in [0.5, 0.6) is 0 Å². The highest BCUT2D eigenvalue weighted by atomic mass is 16.5. The van der Waals surface area contributed by atoms with Crippen LogP contribution >= 0.6 is 0 Å². The molecule has 0 radical (unpaired) electrons. The average molecular weight is 204 g/mol. The molecule has 15 heavy (non-hydrogen) atoms. The molecular formula is C13H16O2. The SMILES string of the molecule is OC1CCCC2OCc3ccccc3C12. The lowest BCUT2D eigenvalue weighted by molar-refractivity contribution is -0.0552. The molecule has 1 N–H and O–H groups in total. The average Bonchev–Trinajstić information content (AvgIpc) is 2.29. The topological polar surface area (TPSA) is 29.5 Å². The van der Waals surface area contributed by atoms with Gasteiger partial charge in [0, 0.05) is 5.92 Å². The van der Waals surface area contributed by atoms with Crippen molar-refractivity contribution in [1.29, 1.82) is 0 Å². The van der Waals surface area contributed by atoms with E-state index in [0.29, 0.717) is 6.61 Å². The second-order valence-electron chi connectivity index (χ2n) is 4.57. The van der Waals surface area contributed by atoms with E-state index in [-0.39, 0.29) is 18.1 Å². The van der Waals surface area contributed by atoms with Crippen molar-refractivity contribution in [3.05, 3.63) is 35.4 Å². The second-order valence-corrected chi connectivity index (χ2v) is 4.57. The predicted octanol–water partition coefficient (Wildman–Crippen LogP) is 2.21. The quantitative estimate of drug-likeness (QED) is 0.702. The third kappa shape index (κ3) is 1.48. The van der Waals surface area contributed by atoms with Crippen molar-refractivity contribution in [2.75, 3.05) is 0 Å². The van der Waals surface area contributed by atoms with Crippen molar-refractivity contribution < 1.29 is 9.84 Å². The van der Waals surface area contributed by atoms with Crippen LogP contribution in [0.3, 0.4) is 0 Å². The third-order valence-electron chi connectivity index (χ3n) is 3.67. The number of hydrogen-bond donors (Lipinski definition) is 1. The van der Waals surface area contributed by atoms with Gasteiger partial charge in [-0.2, -0.15) is 0 Å². The second kappa shape index (κ2) is 3.62. The minimum Gasteiger partial charge on any atom is -0.392 e. The first-order chi connectivity index (χ1) is 7.36. The zero-order chi connectivity index (χ0) is 10.3. The van der Waals surface area contributed by atoms with Gasteiger partial charge in [-0.15, -0.1) is 0 Å². The zero-order valence-electron chi connectivity index (χ0n) is 8.73. The Balaban J connectivity index is 2.02. The van der Waals surface area contributed by atoms with Crippen molar-refractivity contribution in [2.45, 2.75) is 44.0 Å². The molecule has 1 aromatic rings. The smallest absolute Gasteiger partial charge is 0.0723 e. The van der Waals surface area contributed by atoms with E-state index in [1.807, 2.05) is 6.07 Å². The minimum absolute atomic E-state index is 0.212. The molecule has 0 saturated heterocycles. The number of aliphatic hydroxyl groups excluding tert-OH is 1. The Morgan fingerprint density at radius 3 is 3.00 bits per heavy atom. The van der Waals surface area contributed by atoms with Crippen LogP contribution in [-0.4, -0.2) is 17.3 Å². The molecule has 1 aliphatic heterocycles. The molecule has 2 aliphatic rings. The third-order valence-corrected chi connectivity index (χ3v) is 3.67. The molecule has 1 aromatic carbocycles. The summed E-state index contributed by atoms with van der Waals surface area (Å²) in [5, 5.41) is 10.1. The maximum absolute atomic E-state index is 10.1. The Bertz CT molecular complexity index is 361. The van der Waals surface area contributed by atoms with Gasteiger partial charge in [0.15, 0.2) is 0 Å². The highest BCUT2D eigenvalue weighted by Gasteiger charge is 2.37. The molecular weight excluding hydrogens is 188 g/mol. The Morgan fingerprint density at radius 1 is 1.20 bits per heavy atom. The van der Waals surface area contributed by atoms with Gasteiger partial charge >= 0.3 is 0 Å². The summed E-state index contributed by atoms with van der Waals surface area (Å²) in [5.74, 6) is 0.212. The lowest BCUT2D eigenvalue weighted by atomic mass is 9.76. The van der Waals surface area contributed by atoms with Crippen LogP contribution < -0.4 is 0 Å². The van der Waals surface area contributed by atoms with Crippen LogP contribution in [-0.2, 0) is 11.3 Å². The summed E-state index contributed by atoms with van der Waals surface area (Å²) < 4.78 is 5.82. The summed E-state index contributed by atoms with van der Waals surface area (Å²) in [6.07, 6.45) is 3.12. The lowest BCUT2D eigenvalue weighted by Gasteiger charge is -2.40. The number of rotatable bonds is 0. The van der Waals surface area contributed by atoms with Crippen LogP contribution in [0, 0.1) is 0 Å². The first-order valence-electron chi connectivity index (χ1n) is 5.74. The fraction of sp³-hybridized carbons (Fsp3) is 0.538. The summed E-state index contributed by atoms with van der Waals surface area (Å²) in [5.41, 5.74) is 2.56. The molecule has 2 nitrogen and oxygen atoms in total. The van der Waals surface area contributed by atoms with E-state index in [0.717, 1.165) is 19.3 Å². The molecule has 0 bridgehead atoms. The molecule has 1 heterocycles. The largest absolute Gasteiger partial charge is 0.392 e. The van der Waals surface area contributed by atoms with Gasteiger partial charge in [0.2, 0.25) is 0 Å². The van der Waals surface area contributed by atoms with Gasteiger partial charge in [-0.25, -0.2) is 0 Å². The summed E-state index contributed by atoms with van der Waals surface area (Å²) in [4.78, 5) is 0. The van der Waals surface area contributed by atoms with Gasteiger partial charge in [0.1, 0.15) is 0 Å². The van der Waals surface area contributed by atoms with E-state index in [9.17, 15) is 5.11 Å².